The first-order valence-electron chi connectivity index (χ1n) is 10.6. The Labute approximate surface area is 177 Å². The van der Waals surface area contributed by atoms with Crippen molar-refractivity contribution in [2.45, 2.75) is 45.7 Å². The minimum absolute atomic E-state index is 0.0129. The predicted octanol–water partition coefficient (Wildman–Crippen LogP) is 3.89. The molecule has 3 aromatic rings. The van der Waals surface area contributed by atoms with Crippen molar-refractivity contribution >= 4 is 5.91 Å². The molecule has 4 rings (SSSR count). The maximum Gasteiger partial charge on any atom is 0.247 e. The molecule has 6 nitrogen and oxygen atoms in total. The first kappa shape index (κ1) is 20.3. The van der Waals surface area contributed by atoms with Gasteiger partial charge in [-0.25, -0.2) is 0 Å². The average Bonchev–Trinajstić information content (AvgIpc) is 3.44. The summed E-state index contributed by atoms with van der Waals surface area (Å²) in [7, 11) is 0. The van der Waals surface area contributed by atoms with Gasteiger partial charge in [0.05, 0.1) is 0 Å². The third-order valence-electron chi connectivity index (χ3n) is 5.52. The monoisotopic (exact) mass is 404 g/mol. The zero-order valence-corrected chi connectivity index (χ0v) is 17.4. The second-order valence-corrected chi connectivity index (χ2v) is 7.90. The van der Waals surface area contributed by atoms with E-state index >= 15 is 0 Å². The standard InChI is InChI=1S/C24H28N4O2/c1-18-8-10-19(11-9-18)24-27-26-23(30-24)13-12-22(29)25-16-20-6-2-3-7-21(20)17-28-14-4-5-15-28/h2-3,6-11H,4-5,12-17H2,1H3,(H,25,29). The summed E-state index contributed by atoms with van der Waals surface area (Å²) in [6.45, 7) is 5.86. The van der Waals surface area contributed by atoms with E-state index in [-0.39, 0.29) is 5.91 Å². The topological polar surface area (TPSA) is 71.3 Å². The summed E-state index contributed by atoms with van der Waals surface area (Å²) in [5, 5.41) is 11.2. The predicted molar refractivity (Wildman–Crippen MR) is 116 cm³/mol. The molecule has 156 valence electrons. The molecule has 0 aliphatic carbocycles. The van der Waals surface area contributed by atoms with E-state index in [1.165, 1.54) is 29.5 Å². The molecule has 1 N–H and O–H groups in total. The smallest absolute Gasteiger partial charge is 0.247 e. The number of likely N-dealkylation sites (tertiary alicyclic amines) is 1. The van der Waals surface area contributed by atoms with Crippen LogP contribution in [0.25, 0.3) is 11.5 Å². The molecule has 2 heterocycles. The van der Waals surface area contributed by atoms with Gasteiger partial charge in [-0.15, -0.1) is 10.2 Å². The van der Waals surface area contributed by atoms with E-state index in [1.54, 1.807) is 0 Å². The summed E-state index contributed by atoms with van der Waals surface area (Å²) in [5.74, 6) is 0.956. The van der Waals surface area contributed by atoms with Crippen LogP contribution in [0.2, 0.25) is 0 Å². The van der Waals surface area contributed by atoms with Crippen LogP contribution in [0.15, 0.2) is 52.9 Å². The molecule has 6 heteroatoms. The summed E-state index contributed by atoms with van der Waals surface area (Å²) in [6.07, 6.45) is 3.31. The molecule has 1 saturated heterocycles. The van der Waals surface area contributed by atoms with E-state index in [4.69, 9.17) is 4.42 Å². The lowest BCUT2D eigenvalue weighted by Gasteiger charge is -2.17. The lowest BCUT2D eigenvalue weighted by molar-refractivity contribution is -0.121. The number of aromatic nitrogens is 2. The highest BCUT2D eigenvalue weighted by Gasteiger charge is 2.14. The Kier molecular flexibility index (Phi) is 6.54. The number of hydrogen-bond acceptors (Lipinski definition) is 5. The van der Waals surface area contributed by atoms with Crippen molar-refractivity contribution in [3.05, 3.63) is 71.1 Å². The molecular weight excluding hydrogens is 376 g/mol. The molecule has 2 aromatic carbocycles. The number of aryl methyl sites for hydroxylation is 2. The molecule has 1 aliphatic rings. The summed E-state index contributed by atoms with van der Waals surface area (Å²) < 4.78 is 5.71. The largest absolute Gasteiger partial charge is 0.421 e. The maximum absolute atomic E-state index is 12.3. The van der Waals surface area contributed by atoms with Crippen LogP contribution in [-0.2, 0) is 24.3 Å². The molecule has 1 fully saturated rings. The fraction of sp³-hybridized carbons (Fsp3) is 0.375. The lowest BCUT2D eigenvalue weighted by Crippen LogP contribution is -2.25. The molecule has 0 bridgehead atoms. The highest BCUT2D eigenvalue weighted by Crippen LogP contribution is 2.19. The second kappa shape index (κ2) is 9.67. The molecule has 30 heavy (non-hydrogen) atoms. The maximum atomic E-state index is 12.3. The van der Waals surface area contributed by atoms with E-state index in [1.807, 2.05) is 37.3 Å². The van der Waals surface area contributed by atoms with Gasteiger partial charge in [0.2, 0.25) is 17.7 Å². The Bertz CT molecular complexity index is 975. The van der Waals surface area contributed by atoms with E-state index in [0.29, 0.717) is 31.2 Å². The van der Waals surface area contributed by atoms with Crippen LogP contribution in [0.3, 0.4) is 0 Å². The van der Waals surface area contributed by atoms with E-state index in [9.17, 15) is 4.79 Å². The third-order valence-corrected chi connectivity index (χ3v) is 5.52. The van der Waals surface area contributed by atoms with Crippen molar-refractivity contribution in [1.29, 1.82) is 0 Å². The number of amides is 1. The van der Waals surface area contributed by atoms with Crippen LogP contribution in [0.5, 0.6) is 0 Å². The minimum atomic E-state index is -0.0129. The Balaban J connectivity index is 1.27. The van der Waals surface area contributed by atoms with Crippen LogP contribution < -0.4 is 5.32 Å². The SMILES string of the molecule is Cc1ccc(-c2nnc(CCC(=O)NCc3ccccc3CN3CCCC3)o2)cc1. The molecular formula is C24H28N4O2. The number of carbonyl (C=O) groups is 1. The van der Waals surface area contributed by atoms with Crippen molar-refractivity contribution in [3.8, 4) is 11.5 Å². The molecule has 0 spiro atoms. The Morgan fingerprint density at radius 3 is 2.53 bits per heavy atom. The number of carbonyl (C=O) groups excluding carboxylic acids is 1. The Morgan fingerprint density at radius 1 is 1.03 bits per heavy atom. The van der Waals surface area contributed by atoms with Gasteiger partial charge in [0.25, 0.3) is 0 Å². The Morgan fingerprint density at radius 2 is 1.77 bits per heavy atom. The molecule has 1 aromatic heterocycles. The van der Waals surface area contributed by atoms with Gasteiger partial charge in [-0.1, -0.05) is 42.0 Å². The van der Waals surface area contributed by atoms with Gasteiger partial charge < -0.3 is 9.73 Å². The first-order chi connectivity index (χ1) is 14.7. The fourth-order valence-electron chi connectivity index (χ4n) is 3.74. The minimum Gasteiger partial charge on any atom is -0.421 e. The van der Waals surface area contributed by atoms with Gasteiger partial charge in [0.15, 0.2) is 0 Å². The summed E-state index contributed by atoms with van der Waals surface area (Å²) in [4.78, 5) is 14.8. The van der Waals surface area contributed by atoms with Crippen molar-refractivity contribution in [1.82, 2.24) is 20.4 Å². The molecule has 1 aliphatic heterocycles. The second-order valence-electron chi connectivity index (χ2n) is 7.90. The summed E-state index contributed by atoms with van der Waals surface area (Å²) >= 11 is 0. The average molecular weight is 405 g/mol. The normalized spacial score (nSPS) is 14.2. The number of hydrogen-bond donors (Lipinski definition) is 1. The quantitative estimate of drug-likeness (QED) is 0.617. The highest BCUT2D eigenvalue weighted by molar-refractivity contribution is 5.76. The van der Waals surface area contributed by atoms with Crippen LogP contribution in [0.1, 0.15) is 41.8 Å². The zero-order valence-electron chi connectivity index (χ0n) is 17.4. The number of nitrogens with one attached hydrogen (secondary N) is 1. The Hall–Kier alpha value is -2.99. The molecule has 1 amide bonds. The van der Waals surface area contributed by atoms with Gasteiger partial charge in [-0.3, -0.25) is 9.69 Å². The molecule has 0 radical (unpaired) electrons. The van der Waals surface area contributed by atoms with Gasteiger partial charge in [0.1, 0.15) is 0 Å². The molecule has 0 atom stereocenters. The first-order valence-corrected chi connectivity index (χ1v) is 10.6. The summed E-state index contributed by atoms with van der Waals surface area (Å²) in [6, 6.07) is 16.3. The van der Waals surface area contributed by atoms with Crippen LogP contribution in [0, 0.1) is 6.92 Å². The van der Waals surface area contributed by atoms with Crippen molar-refractivity contribution < 1.29 is 9.21 Å². The number of rotatable bonds is 8. The van der Waals surface area contributed by atoms with Gasteiger partial charge in [-0.05, 0) is 56.1 Å². The summed E-state index contributed by atoms with van der Waals surface area (Å²) in [5.41, 5.74) is 4.53. The molecule has 0 unspecified atom stereocenters. The van der Waals surface area contributed by atoms with Crippen molar-refractivity contribution in [2.75, 3.05) is 13.1 Å². The van der Waals surface area contributed by atoms with Crippen LogP contribution in [0.4, 0.5) is 0 Å². The van der Waals surface area contributed by atoms with Gasteiger partial charge in [0, 0.05) is 31.5 Å². The zero-order chi connectivity index (χ0) is 20.8. The van der Waals surface area contributed by atoms with Crippen molar-refractivity contribution in [2.24, 2.45) is 0 Å². The number of nitrogens with zero attached hydrogens (tertiary/aromatic N) is 3. The molecule has 0 saturated carbocycles. The third kappa shape index (κ3) is 5.33. The van der Waals surface area contributed by atoms with Crippen LogP contribution in [-0.4, -0.2) is 34.1 Å². The number of benzene rings is 2. The van der Waals surface area contributed by atoms with E-state index in [0.717, 1.165) is 25.2 Å². The lowest BCUT2D eigenvalue weighted by atomic mass is 10.1. The fourth-order valence-corrected chi connectivity index (χ4v) is 3.74. The van der Waals surface area contributed by atoms with Gasteiger partial charge >= 0.3 is 0 Å². The van der Waals surface area contributed by atoms with Gasteiger partial charge in [-0.2, -0.15) is 0 Å². The highest BCUT2D eigenvalue weighted by atomic mass is 16.4. The van der Waals surface area contributed by atoms with E-state index in [2.05, 4.69) is 38.6 Å². The van der Waals surface area contributed by atoms with Crippen molar-refractivity contribution in [3.63, 3.8) is 0 Å². The van der Waals surface area contributed by atoms with Crippen LogP contribution >= 0.6 is 0 Å². The van der Waals surface area contributed by atoms with E-state index < -0.39 is 0 Å².